The Morgan fingerprint density at radius 2 is 1.73 bits per heavy atom. The number of piperidine rings is 1. The summed E-state index contributed by atoms with van der Waals surface area (Å²) in [6, 6.07) is 16.2. The van der Waals surface area contributed by atoms with Crippen LogP contribution in [0.4, 0.5) is 0 Å². The number of esters is 1. The molecule has 0 radical (unpaired) electrons. The third-order valence-electron chi connectivity index (χ3n) is 6.66. The number of ether oxygens (including phenoxy) is 2. The van der Waals surface area contributed by atoms with E-state index in [1.165, 1.54) is 0 Å². The second kappa shape index (κ2) is 10.1. The SMILES string of the molecule is CCOC(=O)C1CCN(C(=O)CC(c2ccccc2OC)c2cn(C)c3ccccc23)CC1. The number of hydrogen-bond acceptors (Lipinski definition) is 4. The number of likely N-dealkylation sites (tertiary alicyclic amines) is 1. The van der Waals surface area contributed by atoms with Gasteiger partial charge in [-0.1, -0.05) is 36.4 Å². The van der Waals surface area contributed by atoms with Crippen LogP contribution in [0.15, 0.2) is 54.7 Å². The molecule has 174 valence electrons. The summed E-state index contributed by atoms with van der Waals surface area (Å²) in [7, 11) is 3.70. The summed E-state index contributed by atoms with van der Waals surface area (Å²) >= 11 is 0. The Morgan fingerprint density at radius 3 is 2.45 bits per heavy atom. The Kier molecular flexibility index (Phi) is 7.02. The Bertz CT molecular complexity index is 1130. The van der Waals surface area contributed by atoms with Gasteiger partial charge in [0.1, 0.15) is 5.75 Å². The molecule has 0 N–H and O–H groups in total. The van der Waals surface area contributed by atoms with E-state index >= 15 is 0 Å². The quantitative estimate of drug-likeness (QED) is 0.499. The maximum atomic E-state index is 13.5. The van der Waals surface area contributed by atoms with E-state index in [1.807, 2.05) is 55.3 Å². The minimum Gasteiger partial charge on any atom is -0.496 e. The third-order valence-corrected chi connectivity index (χ3v) is 6.66. The number of para-hydroxylation sites is 2. The van der Waals surface area contributed by atoms with Crippen LogP contribution in [0, 0.1) is 5.92 Å². The highest BCUT2D eigenvalue weighted by Crippen LogP contribution is 2.39. The molecule has 0 saturated carbocycles. The van der Waals surface area contributed by atoms with Gasteiger partial charge in [0.2, 0.25) is 5.91 Å². The highest BCUT2D eigenvalue weighted by atomic mass is 16.5. The van der Waals surface area contributed by atoms with Crippen LogP contribution in [-0.4, -0.2) is 48.1 Å². The number of aryl methyl sites for hydroxylation is 1. The number of carbonyl (C=O) groups is 2. The number of nitrogens with zero attached hydrogens (tertiary/aromatic N) is 2. The Morgan fingerprint density at radius 1 is 1.03 bits per heavy atom. The van der Waals surface area contributed by atoms with Crippen molar-refractivity contribution in [3.63, 3.8) is 0 Å². The van der Waals surface area contributed by atoms with Gasteiger partial charge >= 0.3 is 5.97 Å². The lowest BCUT2D eigenvalue weighted by molar-refractivity contribution is -0.151. The van der Waals surface area contributed by atoms with E-state index in [4.69, 9.17) is 9.47 Å². The van der Waals surface area contributed by atoms with Crippen LogP contribution in [0.1, 0.15) is 43.2 Å². The van der Waals surface area contributed by atoms with Crippen molar-refractivity contribution in [1.29, 1.82) is 0 Å². The first-order chi connectivity index (χ1) is 16.0. The van der Waals surface area contributed by atoms with E-state index in [1.54, 1.807) is 7.11 Å². The van der Waals surface area contributed by atoms with Gasteiger partial charge < -0.3 is 18.9 Å². The monoisotopic (exact) mass is 448 g/mol. The van der Waals surface area contributed by atoms with Gasteiger partial charge in [0, 0.05) is 55.1 Å². The molecule has 0 aliphatic carbocycles. The fourth-order valence-corrected chi connectivity index (χ4v) is 4.92. The largest absolute Gasteiger partial charge is 0.496 e. The molecule has 1 aliphatic rings. The van der Waals surface area contributed by atoms with Gasteiger partial charge in [-0.3, -0.25) is 9.59 Å². The molecular weight excluding hydrogens is 416 g/mol. The summed E-state index contributed by atoms with van der Waals surface area (Å²) in [6.07, 6.45) is 3.77. The van der Waals surface area contributed by atoms with Crippen LogP contribution in [0.3, 0.4) is 0 Å². The molecule has 1 atom stereocenters. The van der Waals surface area contributed by atoms with E-state index in [2.05, 4.69) is 22.9 Å². The number of hydrogen-bond donors (Lipinski definition) is 0. The van der Waals surface area contributed by atoms with Crippen molar-refractivity contribution in [2.24, 2.45) is 13.0 Å². The fourth-order valence-electron chi connectivity index (χ4n) is 4.92. The summed E-state index contributed by atoms with van der Waals surface area (Å²) in [5.74, 6) is 0.484. The maximum absolute atomic E-state index is 13.5. The zero-order valence-electron chi connectivity index (χ0n) is 19.6. The van der Waals surface area contributed by atoms with Gasteiger partial charge in [0.25, 0.3) is 0 Å². The highest BCUT2D eigenvalue weighted by molar-refractivity contribution is 5.87. The van der Waals surface area contributed by atoms with Gasteiger partial charge in [0.05, 0.1) is 19.6 Å². The fraction of sp³-hybridized carbons (Fsp3) is 0.407. The molecule has 2 aromatic carbocycles. The number of fused-ring (bicyclic) bond motifs is 1. The maximum Gasteiger partial charge on any atom is 0.309 e. The summed E-state index contributed by atoms with van der Waals surface area (Å²) in [5.41, 5.74) is 3.26. The first-order valence-electron chi connectivity index (χ1n) is 11.6. The zero-order valence-corrected chi connectivity index (χ0v) is 19.6. The first kappa shape index (κ1) is 22.9. The molecule has 1 aliphatic heterocycles. The van der Waals surface area contributed by atoms with E-state index in [0.29, 0.717) is 39.0 Å². The van der Waals surface area contributed by atoms with Crippen molar-refractivity contribution in [2.75, 3.05) is 26.8 Å². The minimum absolute atomic E-state index is 0.0983. The zero-order chi connectivity index (χ0) is 23.4. The topological polar surface area (TPSA) is 60.8 Å². The van der Waals surface area contributed by atoms with Crippen LogP contribution in [-0.2, 0) is 21.4 Å². The first-order valence-corrected chi connectivity index (χ1v) is 11.6. The van der Waals surface area contributed by atoms with Gasteiger partial charge in [0.15, 0.2) is 0 Å². The van der Waals surface area contributed by atoms with E-state index < -0.39 is 0 Å². The predicted octanol–water partition coefficient (Wildman–Crippen LogP) is 4.51. The summed E-state index contributed by atoms with van der Waals surface area (Å²) in [4.78, 5) is 27.4. The molecule has 33 heavy (non-hydrogen) atoms. The van der Waals surface area contributed by atoms with Crippen molar-refractivity contribution in [3.8, 4) is 5.75 Å². The predicted molar refractivity (Wildman–Crippen MR) is 128 cm³/mol. The van der Waals surface area contributed by atoms with E-state index in [-0.39, 0.29) is 23.7 Å². The molecule has 1 unspecified atom stereocenters. The Balaban J connectivity index is 1.61. The molecule has 6 heteroatoms. The lowest BCUT2D eigenvalue weighted by Gasteiger charge is -2.32. The number of rotatable bonds is 7. The third kappa shape index (κ3) is 4.75. The molecule has 4 rings (SSSR count). The Hall–Kier alpha value is -3.28. The van der Waals surface area contributed by atoms with Crippen LogP contribution >= 0.6 is 0 Å². The summed E-state index contributed by atoms with van der Waals surface area (Å²) in [6.45, 7) is 3.37. The van der Waals surface area contributed by atoms with Gasteiger partial charge in [-0.2, -0.15) is 0 Å². The summed E-state index contributed by atoms with van der Waals surface area (Å²) in [5, 5.41) is 1.14. The molecule has 1 saturated heterocycles. The Labute approximate surface area is 195 Å². The highest BCUT2D eigenvalue weighted by Gasteiger charge is 2.31. The molecule has 0 spiro atoms. The molecule has 1 fully saturated rings. The molecule has 3 aromatic rings. The summed E-state index contributed by atoms with van der Waals surface area (Å²) < 4.78 is 13.0. The average Bonchev–Trinajstić information content (AvgIpc) is 3.19. The van der Waals surface area contributed by atoms with Crippen molar-refractivity contribution >= 4 is 22.8 Å². The van der Waals surface area contributed by atoms with Crippen molar-refractivity contribution < 1.29 is 19.1 Å². The molecule has 0 bridgehead atoms. The van der Waals surface area contributed by atoms with Crippen LogP contribution in [0.2, 0.25) is 0 Å². The van der Waals surface area contributed by atoms with E-state index in [9.17, 15) is 9.59 Å². The van der Waals surface area contributed by atoms with Crippen LogP contribution in [0.25, 0.3) is 10.9 Å². The smallest absolute Gasteiger partial charge is 0.309 e. The van der Waals surface area contributed by atoms with Gasteiger partial charge in [-0.15, -0.1) is 0 Å². The van der Waals surface area contributed by atoms with Crippen LogP contribution in [0.5, 0.6) is 5.75 Å². The molecule has 6 nitrogen and oxygen atoms in total. The van der Waals surface area contributed by atoms with E-state index in [0.717, 1.165) is 27.8 Å². The average molecular weight is 449 g/mol. The van der Waals surface area contributed by atoms with Crippen molar-refractivity contribution in [3.05, 3.63) is 65.9 Å². The number of aromatic nitrogens is 1. The number of carbonyl (C=O) groups excluding carboxylic acids is 2. The van der Waals surface area contributed by atoms with Gasteiger partial charge in [-0.25, -0.2) is 0 Å². The standard InChI is InChI=1S/C27H32N2O4/c1-4-33-27(31)19-13-15-29(16-14-19)26(30)17-22(21-10-6-8-12-25(21)32-3)23-18-28(2)24-11-7-5-9-20(23)24/h5-12,18-19,22H,4,13-17H2,1-3H3. The second-order valence-corrected chi connectivity index (χ2v) is 8.62. The van der Waals surface area contributed by atoms with Crippen molar-refractivity contribution in [1.82, 2.24) is 9.47 Å². The number of methoxy groups -OCH3 is 1. The lowest BCUT2D eigenvalue weighted by Crippen LogP contribution is -2.41. The van der Waals surface area contributed by atoms with Crippen LogP contribution < -0.4 is 4.74 Å². The second-order valence-electron chi connectivity index (χ2n) is 8.62. The van der Waals surface area contributed by atoms with Crippen molar-refractivity contribution in [2.45, 2.75) is 32.1 Å². The molecule has 1 aromatic heterocycles. The lowest BCUT2D eigenvalue weighted by atomic mass is 9.86. The number of amides is 1. The minimum atomic E-state index is -0.146. The normalized spacial score (nSPS) is 15.4. The molecule has 1 amide bonds. The number of benzene rings is 2. The molecular formula is C27H32N2O4. The molecule has 2 heterocycles. The van der Waals surface area contributed by atoms with Gasteiger partial charge in [-0.05, 0) is 37.5 Å².